The van der Waals surface area contributed by atoms with E-state index < -0.39 is 15.2 Å². The molecular weight excluding hydrogens is 262 g/mol. The van der Waals surface area contributed by atoms with Crippen LogP contribution >= 0.6 is 11.6 Å². The summed E-state index contributed by atoms with van der Waals surface area (Å²) < 4.78 is 29.5. The van der Waals surface area contributed by atoms with Gasteiger partial charge < -0.3 is 4.74 Å². The molecule has 0 aromatic heterocycles. The SMILES string of the molecule is COc1ccc(C)cc1CN(C)S(=O)(=O)CCl. The predicted molar refractivity (Wildman–Crippen MR) is 68.8 cm³/mol. The number of benzene rings is 1. The number of halogens is 1. The Morgan fingerprint density at radius 1 is 1.41 bits per heavy atom. The van der Waals surface area contributed by atoms with Gasteiger partial charge in [0.05, 0.1) is 7.11 Å². The van der Waals surface area contributed by atoms with E-state index in [1.807, 2.05) is 25.1 Å². The molecule has 0 saturated carbocycles. The van der Waals surface area contributed by atoms with Gasteiger partial charge in [-0.1, -0.05) is 17.7 Å². The molecule has 4 nitrogen and oxygen atoms in total. The van der Waals surface area contributed by atoms with Crippen LogP contribution in [-0.4, -0.2) is 32.1 Å². The van der Waals surface area contributed by atoms with Crippen LogP contribution in [0.1, 0.15) is 11.1 Å². The molecule has 0 amide bonds. The van der Waals surface area contributed by atoms with Crippen molar-refractivity contribution in [3.05, 3.63) is 29.3 Å². The fraction of sp³-hybridized carbons (Fsp3) is 0.455. The van der Waals surface area contributed by atoms with Crippen LogP contribution in [0.2, 0.25) is 0 Å². The van der Waals surface area contributed by atoms with E-state index in [-0.39, 0.29) is 6.54 Å². The lowest BCUT2D eigenvalue weighted by Crippen LogP contribution is -2.27. The zero-order chi connectivity index (χ0) is 13.1. The summed E-state index contributed by atoms with van der Waals surface area (Å²) in [4.78, 5) is 0. The fourth-order valence-electron chi connectivity index (χ4n) is 1.45. The minimum Gasteiger partial charge on any atom is -0.496 e. The van der Waals surface area contributed by atoms with Crippen LogP contribution in [0.15, 0.2) is 18.2 Å². The molecule has 0 atom stereocenters. The van der Waals surface area contributed by atoms with Crippen LogP contribution in [0, 0.1) is 6.92 Å². The van der Waals surface area contributed by atoms with Gasteiger partial charge in [-0.3, -0.25) is 0 Å². The molecule has 0 N–H and O–H groups in total. The first-order valence-corrected chi connectivity index (χ1v) is 7.18. The molecule has 0 heterocycles. The monoisotopic (exact) mass is 277 g/mol. The summed E-state index contributed by atoms with van der Waals surface area (Å²) in [5.74, 6) is 0.673. The predicted octanol–water partition coefficient (Wildman–Crippen LogP) is 1.96. The molecule has 1 rings (SSSR count). The summed E-state index contributed by atoms with van der Waals surface area (Å²) in [5.41, 5.74) is 1.88. The Kier molecular flexibility index (Phi) is 4.80. The Bertz CT molecular complexity index is 487. The van der Waals surface area contributed by atoms with Crippen molar-refractivity contribution in [1.29, 1.82) is 0 Å². The fourth-order valence-corrected chi connectivity index (χ4v) is 2.45. The summed E-state index contributed by atoms with van der Waals surface area (Å²) in [6, 6.07) is 5.64. The lowest BCUT2D eigenvalue weighted by Gasteiger charge is -2.17. The van der Waals surface area contributed by atoms with Gasteiger partial charge in [-0.15, -0.1) is 11.6 Å². The molecule has 0 aliphatic carbocycles. The molecule has 96 valence electrons. The highest BCUT2D eigenvalue weighted by atomic mass is 35.5. The van der Waals surface area contributed by atoms with Gasteiger partial charge in [-0.25, -0.2) is 8.42 Å². The number of alkyl halides is 1. The zero-order valence-electron chi connectivity index (χ0n) is 10.1. The smallest absolute Gasteiger partial charge is 0.228 e. The minimum absolute atomic E-state index is 0.250. The Morgan fingerprint density at radius 2 is 2.06 bits per heavy atom. The highest BCUT2D eigenvalue weighted by Crippen LogP contribution is 2.22. The van der Waals surface area contributed by atoms with Crippen molar-refractivity contribution in [2.45, 2.75) is 13.5 Å². The van der Waals surface area contributed by atoms with E-state index >= 15 is 0 Å². The first kappa shape index (κ1) is 14.3. The molecule has 0 spiro atoms. The maximum atomic E-state index is 11.5. The van der Waals surface area contributed by atoms with Gasteiger partial charge in [0.15, 0.2) is 0 Å². The van der Waals surface area contributed by atoms with E-state index in [0.29, 0.717) is 5.75 Å². The molecule has 0 saturated heterocycles. The first-order chi connectivity index (χ1) is 7.90. The molecular formula is C11H16ClNO3S. The maximum absolute atomic E-state index is 11.5. The first-order valence-electron chi connectivity index (χ1n) is 5.04. The van der Waals surface area contributed by atoms with Gasteiger partial charge in [-0.2, -0.15) is 4.31 Å². The van der Waals surface area contributed by atoms with E-state index in [1.54, 1.807) is 7.11 Å². The van der Waals surface area contributed by atoms with Crippen LogP contribution in [0.4, 0.5) is 0 Å². The number of sulfonamides is 1. The van der Waals surface area contributed by atoms with Crippen LogP contribution in [0.5, 0.6) is 5.75 Å². The second-order valence-electron chi connectivity index (χ2n) is 3.79. The molecule has 0 aliphatic rings. The van der Waals surface area contributed by atoms with Crippen LogP contribution in [-0.2, 0) is 16.6 Å². The van der Waals surface area contributed by atoms with Crippen LogP contribution in [0.25, 0.3) is 0 Å². The molecule has 17 heavy (non-hydrogen) atoms. The molecule has 1 aromatic carbocycles. The third-order valence-corrected chi connectivity index (χ3v) is 4.62. The van der Waals surface area contributed by atoms with Gasteiger partial charge in [-0.05, 0) is 13.0 Å². The van der Waals surface area contributed by atoms with Crippen molar-refractivity contribution in [2.75, 3.05) is 19.4 Å². The molecule has 1 aromatic rings. The number of nitrogens with zero attached hydrogens (tertiary/aromatic N) is 1. The topological polar surface area (TPSA) is 46.6 Å². The van der Waals surface area contributed by atoms with E-state index in [2.05, 4.69) is 0 Å². The second-order valence-corrected chi connectivity index (χ2v) is 6.45. The van der Waals surface area contributed by atoms with Crippen molar-refractivity contribution >= 4 is 21.6 Å². The number of hydrogen-bond donors (Lipinski definition) is 0. The molecule has 0 fully saturated rings. The standard InChI is InChI=1S/C11H16ClNO3S/c1-9-4-5-11(16-3)10(6-9)7-13(2)17(14,15)8-12/h4-6H,7-8H2,1-3H3. The zero-order valence-corrected chi connectivity index (χ0v) is 11.7. The van der Waals surface area contributed by atoms with E-state index in [0.717, 1.165) is 11.1 Å². The second kappa shape index (κ2) is 5.71. The summed E-state index contributed by atoms with van der Waals surface area (Å²) >= 11 is 5.40. The maximum Gasteiger partial charge on any atom is 0.228 e. The number of methoxy groups -OCH3 is 1. The molecule has 0 aliphatic heterocycles. The van der Waals surface area contributed by atoms with Crippen molar-refractivity contribution < 1.29 is 13.2 Å². The largest absolute Gasteiger partial charge is 0.496 e. The number of aryl methyl sites for hydroxylation is 1. The van der Waals surface area contributed by atoms with Gasteiger partial charge in [0.25, 0.3) is 0 Å². The third-order valence-electron chi connectivity index (χ3n) is 2.44. The Morgan fingerprint density at radius 3 is 2.59 bits per heavy atom. The number of rotatable bonds is 5. The van der Waals surface area contributed by atoms with Gasteiger partial charge in [0, 0.05) is 19.2 Å². The Balaban J connectivity index is 2.99. The van der Waals surface area contributed by atoms with E-state index in [1.165, 1.54) is 11.4 Å². The van der Waals surface area contributed by atoms with E-state index in [9.17, 15) is 8.42 Å². The van der Waals surface area contributed by atoms with Gasteiger partial charge >= 0.3 is 0 Å². The molecule has 0 unspecified atom stereocenters. The molecule has 0 bridgehead atoms. The number of ether oxygens (including phenoxy) is 1. The normalized spacial score (nSPS) is 11.8. The summed E-state index contributed by atoms with van der Waals surface area (Å²) in [6.07, 6.45) is 0. The molecule has 0 radical (unpaired) electrons. The minimum atomic E-state index is -3.39. The summed E-state index contributed by atoms with van der Waals surface area (Å²) in [7, 11) is -0.332. The average molecular weight is 278 g/mol. The highest BCUT2D eigenvalue weighted by molar-refractivity contribution is 7.90. The summed E-state index contributed by atoms with van der Waals surface area (Å²) in [6.45, 7) is 2.19. The van der Waals surface area contributed by atoms with Crippen LogP contribution < -0.4 is 4.74 Å². The van der Waals surface area contributed by atoms with E-state index in [4.69, 9.17) is 16.3 Å². The van der Waals surface area contributed by atoms with Crippen molar-refractivity contribution in [1.82, 2.24) is 4.31 Å². The van der Waals surface area contributed by atoms with Crippen LogP contribution in [0.3, 0.4) is 0 Å². The lowest BCUT2D eigenvalue weighted by molar-refractivity contribution is 0.398. The van der Waals surface area contributed by atoms with Gasteiger partial charge in [0.1, 0.15) is 11.0 Å². The lowest BCUT2D eigenvalue weighted by atomic mass is 10.1. The number of hydrogen-bond acceptors (Lipinski definition) is 3. The Hall–Kier alpha value is -0.780. The quantitative estimate of drug-likeness (QED) is 0.773. The highest BCUT2D eigenvalue weighted by Gasteiger charge is 2.18. The molecule has 6 heteroatoms. The van der Waals surface area contributed by atoms with Crippen molar-refractivity contribution in [2.24, 2.45) is 0 Å². The Labute approximate surface area is 107 Å². The summed E-state index contributed by atoms with van der Waals surface area (Å²) in [5, 5.41) is -0.419. The third kappa shape index (κ3) is 3.59. The average Bonchev–Trinajstić information content (AvgIpc) is 2.29. The van der Waals surface area contributed by atoms with Crippen molar-refractivity contribution in [3.8, 4) is 5.75 Å². The van der Waals surface area contributed by atoms with Gasteiger partial charge in [0.2, 0.25) is 10.0 Å². The van der Waals surface area contributed by atoms with Crippen molar-refractivity contribution in [3.63, 3.8) is 0 Å².